The molecule has 3 rings (SSSR count). The Morgan fingerprint density at radius 1 is 1.19 bits per heavy atom. The van der Waals surface area contributed by atoms with Crippen LogP contribution < -0.4 is 21.5 Å². The fourth-order valence-electron chi connectivity index (χ4n) is 2.88. The number of halogens is 1. The molecule has 2 aromatic rings. The van der Waals surface area contributed by atoms with E-state index in [1.807, 2.05) is 0 Å². The minimum absolute atomic E-state index is 0.00352. The van der Waals surface area contributed by atoms with Crippen molar-refractivity contribution in [3.05, 3.63) is 56.1 Å². The zero-order valence-electron chi connectivity index (χ0n) is 11.3. The zero-order valence-corrected chi connectivity index (χ0v) is 11.3. The van der Waals surface area contributed by atoms with Crippen molar-refractivity contribution in [3.63, 3.8) is 0 Å². The van der Waals surface area contributed by atoms with Gasteiger partial charge in [0.1, 0.15) is 17.2 Å². The number of benzene rings is 1. The van der Waals surface area contributed by atoms with E-state index in [1.165, 1.54) is 12.1 Å². The first kappa shape index (κ1) is 13.8. The third-order valence-corrected chi connectivity index (χ3v) is 4.19. The van der Waals surface area contributed by atoms with Crippen LogP contribution in [0.5, 0.6) is 0 Å². The Bertz CT molecular complexity index is 756. The van der Waals surface area contributed by atoms with Crippen molar-refractivity contribution in [3.8, 4) is 0 Å². The highest BCUT2D eigenvalue weighted by molar-refractivity contribution is 5.72. The molecule has 2 aromatic carbocycles. The molecule has 1 aliphatic heterocycles. The van der Waals surface area contributed by atoms with Gasteiger partial charge in [0.05, 0.1) is 5.60 Å². The smallest absolute Gasteiger partial charge is 0.253 e. The van der Waals surface area contributed by atoms with E-state index in [-0.39, 0.29) is 11.4 Å². The average molecular weight is 290 g/mol. The summed E-state index contributed by atoms with van der Waals surface area (Å²) in [5.74, 6) is -0.393. The van der Waals surface area contributed by atoms with Crippen LogP contribution in [0.2, 0.25) is 0 Å². The first-order valence-corrected chi connectivity index (χ1v) is 6.74. The van der Waals surface area contributed by atoms with Crippen LogP contribution in [0.4, 0.5) is 15.8 Å². The normalized spacial score (nSPS) is 18.1. The lowest BCUT2D eigenvalue weighted by atomic mass is 9.84. The molecule has 0 unspecified atom stereocenters. The summed E-state index contributed by atoms with van der Waals surface area (Å²) in [5.41, 5.74) is 3.99. The molecule has 1 aliphatic rings. The van der Waals surface area contributed by atoms with Crippen molar-refractivity contribution < 1.29 is 9.50 Å². The van der Waals surface area contributed by atoms with Gasteiger partial charge in [-0.15, -0.1) is 0 Å². The third kappa shape index (κ3) is 2.12. The molecule has 0 amide bonds. The van der Waals surface area contributed by atoms with E-state index in [0.29, 0.717) is 31.5 Å². The fourth-order valence-corrected chi connectivity index (χ4v) is 2.88. The van der Waals surface area contributed by atoms with Crippen LogP contribution >= 0.6 is 0 Å². The van der Waals surface area contributed by atoms with Crippen molar-refractivity contribution >= 4 is 11.4 Å². The molecule has 110 valence electrons. The standard InChI is InChI=1S/C15H15FN2O3/c16-10-3-1-2-9(8-10)15(21)4-6-18(7-5-15)12-11(17)13(19)14(12)20/h1-3,8,21H,4-7,17H2. The van der Waals surface area contributed by atoms with Gasteiger partial charge >= 0.3 is 0 Å². The van der Waals surface area contributed by atoms with Gasteiger partial charge in [-0.3, -0.25) is 9.59 Å². The van der Waals surface area contributed by atoms with Crippen molar-refractivity contribution in [1.29, 1.82) is 0 Å². The van der Waals surface area contributed by atoms with Gasteiger partial charge in [0.25, 0.3) is 10.9 Å². The molecule has 0 bridgehead atoms. The number of rotatable bonds is 2. The molecule has 0 radical (unpaired) electrons. The van der Waals surface area contributed by atoms with Crippen molar-refractivity contribution in [1.82, 2.24) is 0 Å². The Morgan fingerprint density at radius 3 is 2.43 bits per heavy atom. The molecule has 1 heterocycles. The molecule has 5 nitrogen and oxygen atoms in total. The third-order valence-electron chi connectivity index (χ3n) is 4.19. The monoisotopic (exact) mass is 290 g/mol. The molecule has 3 N–H and O–H groups in total. The summed E-state index contributed by atoms with van der Waals surface area (Å²) in [7, 11) is 0. The van der Waals surface area contributed by atoms with E-state index in [2.05, 4.69) is 0 Å². The van der Waals surface area contributed by atoms with Crippen LogP contribution in [-0.2, 0) is 5.60 Å². The summed E-state index contributed by atoms with van der Waals surface area (Å²) >= 11 is 0. The van der Waals surface area contributed by atoms with Crippen LogP contribution in [0.3, 0.4) is 0 Å². The van der Waals surface area contributed by atoms with Crippen molar-refractivity contribution in [2.24, 2.45) is 0 Å². The Balaban J connectivity index is 1.79. The summed E-state index contributed by atoms with van der Waals surface area (Å²) in [6.45, 7) is 0.782. The van der Waals surface area contributed by atoms with E-state index >= 15 is 0 Å². The Labute approximate surface area is 120 Å². The summed E-state index contributed by atoms with van der Waals surface area (Å²) < 4.78 is 13.3. The van der Waals surface area contributed by atoms with Crippen LogP contribution in [0.15, 0.2) is 33.9 Å². The van der Waals surface area contributed by atoms with E-state index in [0.717, 1.165) is 0 Å². The number of nitrogens with two attached hydrogens (primary N) is 1. The first-order chi connectivity index (χ1) is 9.92. The Kier molecular flexibility index (Phi) is 3.06. The summed E-state index contributed by atoms with van der Waals surface area (Å²) in [6, 6.07) is 5.89. The lowest BCUT2D eigenvalue weighted by Gasteiger charge is -2.40. The van der Waals surface area contributed by atoms with Gasteiger partial charge in [0.15, 0.2) is 0 Å². The van der Waals surface area contributed by atoms with E-state index < -0.39 is 22.3 Å². The summed E-state index contributed by atoms with van der Waals surface area (Å²) in [4.78, 5) is 24.4. The quantitative estimate of drug-likeness (QED) is 0.787. The molecule has 0 saturated carbocycles. The number of hydrogen-bond donors (Lipinski definition) is 2. The van der Waals surface area contributed by atoms with Gasteiger partial charge in [0.2, 0.25) is 0 Å². The summed E-state index contributed by atoms with van der Waals surface area (Å²) in [5, 5.41) is 10.6. The van der Waals surface area contributed by atoms with Gasteiger partial charge in [-0.2, -0.15) is 0 Å². The maximum absolute atomic E-state index is 13.3. The predicted octanol–water partition coefficient (Wildman–Crippen LogP) is 0.492. The molecular formula is C15H15FN2O3. The number of anilines is 2. The maximum atomic E-state index is 13.3. The highest BCUT2D eigenvalue weighted by Gasteiger charge is 2.36. The second-order valence-corrected chi connectivity index (χ2v) is 5.45. The molecule has 21 heavy (non-hydrogen) atoms. The second kappa shape index (κ2) is 4.66. The predicted molar refractivity (Wildman–Crippen MR) is 77.5 cm³/mol. The minimum Gasteiger partial charge on any atom is -0.394 e. The lowest BCUT2D eigenvalue weighted by Crippen LogP contribution is -2.49. The molecule has 1 fully saturated rings. The van der Waals surface area contributed by atoms with Crippen LogP contribution in [0, 0.1) is 5.82 Å². The Hall–Kier alpha value is -2.21. The van der Waals surface area contributed by atoms with Gasteiger partial charge < -0.3 is 15.7 Å². The fraction of sp³-hybridized carbons (Fsp3) is 0.333. The molecular weight excluding hydrogens is 275 g/mol. The van der Waals surface area contributed by atoms with Gasteiger partial charge in [0, 0.05) is 13.1 Å². The molecule has 1 saturated heterocycles. The Morgan fingerprint density at radius 2 is 1.86 bits per heavy atom. The van der Waals surface area contributed by atoms with Crippen LogP contribution in [0.25, 0.3) is 0 Å². The molecule has 0 atom stereocenters. The number of hydrogen-bond acceptors (Lipinski definition) is 5. The topological polar surface area (TPSA) is 83.6 Å². The average Bonchev–Trinajstić information content (AvgIpc) is 2.49. The number of nitrogens with zero attached hydrogens (tertiary/aromatic N) is 1. The highest BCUT2D eigenvalue weighted by Crippen LogP contribution is 2.35. The molecule has 0 aliphatic carbocycles. The maximum Gasteiger partial charge on any atom is 0.253 e. The van der Waals surface area contributed by atoms with E-state index in [1.54, 1.807) is 17.0 Å². The highest BCUT2D eigenvalue weighted by atomic mass is 19.1. The van der Waals surface area contributed by atoms with E-state index in [9.17, 15) is 19.1 Å². The number of piperidine rings is 1. The largest absolute Gasteiger partial charge is 0.394 e. The zero-order chi connectivity index (χ0) is 15.2. The number of nitrogen functional groups attached to an aromatic ring is 1. The molecule has 0 aromatic heterocycles. The molecule has 6 heteroatoms. The number of aliphatic hydroxyl groups is 1. The first-order valence-electron chi connectivity index (χ1n) is 6.74. The van der Waals surface area contributed by atoms with Crippen LogP contribution in [-0.4, -0.2) is 18.2 Å². The van der Waals surface area contributed by atoms with Gasteiger partial charge in [-0.25, -0.2) is 4.39 Å². The summed E-state index contributed by atoms with van der Waals surface area (Å²) in [6.07, 6.45) is 0.684. The SMILES string of the molecule is Nc1c(N2CCC(O)(c3cccc(F)c3)CC2)c(=O)c1=O. The minimum atomic E-state index is -1.12. The molecule has 0 spiro atoms. The van der Waals surface area contributed by atoms with Gasteiger partial charge in [-0.05, 0) is 30.5 Å². The van der Waals surface area contributed by atoms with Crippen LogP contribution in [0.1, 0.15) is 18.4 Å². The van der Waals surface area contributed by atoms with Crippen molar-refractivity contribution in [2.75, 3.05) is 23.7 Å². The van der Waals surface area contributed by atoms with Gasteiger partial charge in [-0.1, -0.05) is 12.1 Å². The lowest BCUT2D eigenvalue weighted by molar-refractivity contribution is 0.0114. The second-order valence-electron chi connectivity index (χ2n) is 5.45. The van der Waals surface area contributed by atoms with E-state index in [4.69, 9.17) is 5.73 Å². The van der Waals surface area contributed by atoms with Crippen molar-refractivity contribution in [2.45, 2.75) is 18.4 Å².